The molecule has 0 bridgehead atoms. The van der Waals surface area contributed by atoms with Crippen LogP contribution in [0.2, 0.25) is 0 Å². The second kappa shape index (κ2) is 8.02. The van der Waals surface area contributed by atoms with Gasteiger partial charge in [-0.25, -0.2) is 4.98 Å². The van der Waals surface area contributed by atoms with E-state index in [0.717, 1.165) is 38.7 Å². The molecule has 23 heavy (non-hydrogen) atoms. The summed E-state index contributed by atoms with van der Waals surface area (Å²) in [6.07, 6.45) is 3.71. The minimum absolute atomic E-state index is 0.121. The van der Waals surface area contributed by atoms with Crippen LogP contribution in [0.5, 0.6) is 0 Å². The number of hydrogen-bond donors (Lipinski definition) is 2. The van der Waals surface area contributed by atoms with E-state index >= 15 is 0 Å². The summed E-state index contributed by atoms with van der Waals surface area (Å²) in [5.74, 6) is 0.200. The first-order valence-electron chi connectivity index (χ1n) is 7.84. The van der Waals surface area contributed by atoms with Gasteiger partial charge in [0.2, 0.25) is 11.8 Å². The Kier molecular flexibility index (Phi) is 6.05. The zero-order chi connectivity index (χ0) is 16.8. The first-order valence-corrected chi connectivity index (χ1v) is 7.84. The maximum atomic E-state index is 10.6. The largest absolute Gasteiger partial charge is 0.378 e. The van der Waals surface area contributed by atoms with Crippen molar-refractivity contribution in [2.75, 3.05) is 37.2 Å². The number of unbranched alkanes of at least 4 members (excludes halogenated alkanes) is 1. The van der Waals surface area contributed by atoms with Gasteiger partial charge in [-0.1, -0.05) is 0 Å². The molecule has 1 saturated heterocycles. The third-order valence-corrected chi connectivity index (χ3v) is 3.67. The Morgan fingerprint density at radius 2 is 2.13 bits per heavy atom. The lowest BCUT2D eigenvalue weighted by atomic mass is 10.2. The molecule has 3 N–H and O–H groups in total. The van der Waals surface area contributed by atoms with Crippen molar-refractivity contribution >= 4 is 17.5 Å². The number of ether oxygens (including phenoxy) is 1. The molecule has 1 fully saturated rings. The third-order valence-electron chi connectivity index (χ3n) is 3.67. The van der Waals surface area contributed by atoms with Crippen molar-refractivity contribution in [3.63, 3.8) is 0 Å². The molecule has 2 heterocycles. The number of morpholine rings is 1. The summed E-state index contributed by atoms with van der Waals surface area (Å²) < 4.78 is 5.71. The summed E-state index contributed by atoms with van der Waals surface area (Å²) in [7, 11) is 0. The highest BCUT2D eigenvalue weighted by Crippen LogP contribution is 2.18. The molecular formula is C14H24N6O3. The molecule has 9 nitrogen and oxygen atoms in total. The molecule has 128 valence electrons. The van der Waals surface area contributed by atoms with E-state index in [4.69, 9.17) is 10.5 Å². The van der Waals surface area contributed by atoms with Crippen molar-refractivity contribution in [3.8, 4) is 0 Å². The fraction of sp³-hybridized carbons (Fsp3) is 0.714. The first kappa shape index (κ1) is 17.4. The lowest BCUT2D eigenvalue weighted by molar-refractivity contribution is -0.384. The van der Waals surface area contributed by atoms with E-state index in [2.05, 4.69) is 34.0 Å². The summed E-state index contributed by atoms with van der Waals surface area (Å²) in [6, 6.07) is 0. The van der Waals surface area contributed by atoms with Gasteiger partial charge in [-0.05, 0) is 33.2 Å². The number of anilines is 2. The minimum atomic E-state index is -0.594. The van der Waals surface area contributed by atoms with Crippen molar-refractivity contribution in [2.45, 2.75) is 38.9 Å². The van der Waals surface area contributed by atoms with Gasteiger partial charge in [-0.3, -0.25) is 15.0 Å². The Balaban J connectivity index is 1.67. The van der Waals surface area contributed by atoms with E-state index in [1.54, 1.807) is 0 Å². The Morgan fingerprint density at radius 1 is 1.43 bits per heavy atom. The molecule has 0 spiro atoms. The number of hydrogen-bond acceptors (Lipinski definition) is 8. The van der Waals surface area contributed by atoms with Gasteiger partial charge in [0.25, 0.3) is 0 Å². The van der Waals surface area contributed by atoms with Gasteiger partial charge in [0.1, 0.15) is 6.20 Å². The maximum absolute atomic E-state index is 10.6. The smallest absolute Gasteiger partial charge is 0.329 e. The van der Waals surface area contributed by atoms with Gasteiger partial charge < -0.3 is 15.8 Å². The molecule has 0 radical (unpaired) electrons. The van der Waals surface area contributed by atoms with Crippen molar-refractivity contribution in [1.29, 1.82) is 0 Å². The zero-order valence-corrected chi connectivity index (χ0v) is 13.6. The third kappa shape index (κ3) is 5.29. The van der Waals surface area contributed by atoms with E-state index in [1.165, 1.54) is 0 Å². The normalized spacial score (nSPS) is 22.0. The van der Waals surface area contributed by atoms with Crippen molar-refractivity contribution < 1.29 is 9.66 Å². The first-order chi connectivity index (χ1) is 11.0. The lowest BCUT2D eigenvalue weighted by Crippen LogP contribution is -2.45. The summed E-state index contributed by atoms with van der Waals surface area (Å²) in [5, 5.41) is 13.7. The number of nitrogens with two attached hydrogens (primary N) is 1. The van der Waals surface area contributed by atoms with Crippen LogP contribution >= 0.6 is 0 Å². The lowest BCUT2D eigenvalue weighted by Gasteiger charge is -2.35. The van der Waals surface area contributed by atoms with Crippen LogP contribution in [0.15, 0.2) is 6.20 Å². The fourth-order valence-corrected chi connectivity index (χ4v) is 2.74. The highest BCUT2D eigenvalue weighted by atomic mass is 16.6. The summed E-state index contributed by atoms with van der Waals surface area (Å²) in [4.78, 5) is 20.2. The second-order valence-electron chi connectivity index (χ2n) is 5.87. The topological polar surface area (TPSA) is 119 Å². The Labute approximate surface area is 135 Å². The van der Waals surface area contributed by atoms with Crippen LogP contribution in [0.1, 0.15) is 26.7 Å². The Bertz CT molecular complexity index is 531. The molecule has 1 aromatic heterocycles. The summed E-state index contributed by atoms with van der Waals surface area (Å²) >= 11 is 0. The number of nitro groups is 1. The summed E-state index contributed by atoms with van der Waals surface area (Å²) in [6.45, 7) is 7.87. The highest BCUT2D eigenvalue weighted by Gasteiger charge is 2.21. The SMILES string of the molecule is C[C@@H]1CN(CCCCNc2ncc([N+](=O)[O-])c(N)n2)C[C@@H](C)O1. The molecular weight excluding hydrogens is 300 g/mol. The molecule has 1 aromatic rings. The van der Waals surface area contributed by atoms with Crippen molar-refractivity contribution in [2.24, 2.45) is 0 Å². The standard InChI is InChI=1S/C14H24N6O3/c1-10-8-19(9-11(2)23-10)6-4-3-5-16-14-17-7-12(20(21)22)13(15)18-14/h7,10-11H,3-6,8-9H2,1-2H3,(H3,15,16,17,18)/t10-,11-/m1/s1. The predicted octanol–water partition coefficient (Wildman–Crippen LogP) is 1.27. The minimum Gasteiger partial charge on any atom is -0.378 e. The van der Waals surface area contributed by atoms with Crippen LogP contribution in [0, 0.1) is 10.1 Å². The zero-order valence-electron chi connectivity index (χ0n) is 13.6. The quantitative estimate of drug-likeness (QED) is 0.437. The monoisotopic (exact) mass is 324 g/mol. The van der Waals surface area contributed by atoms with Gasteiger partial charge in [-0.2, -0.15) is 4.98 Å². The number of aromatic nitrogens is 2. The molecule has 2 rings (SSSR count). The van der Waals surface area contributed by atoms with Crippen LogP contribution in [-0.4, -0.2) is 58.2 Å². The van der Waals surface area contributed by atoms with Crippen molar-refractivity contribution in [3.05, 3.63) is 16.3 Å². The maximum Gasteiger partial charge on any atom is 0.329 e. The van der Waals surface area contributed by atoms with E-state index < -0.39 is 4.92 Å². The fourth-order valence-electron chi connectivity index (χ4n) is 2.74. The molecule has 0 aliphatic carbocycles. The molecule has 0 aromatic carbocycles. The second-order valence-corrected chi connectivity index (χ2v) is 5.87. The van der Waals surface area contributed by atoms with Crippen LogP contribution in [0.25, 0.3) is 0 Å². The predicted molar refractivity (Wildman–Crippen MR) is 87.3 cm³/mol. The van der Waals surface area contributed by atoms with Crippen LogP contribution in [0.4, 0.5) is 17.5 Å². The average molecular weight is 324 g/mol. The van der Waals surface area contributed by atoms with E-state index in [9.17, 15) is 10.1 Å². The molecule has 0 saturated carbocycles. The van der Waals surface area contributed by atoms with Gasteiger partial charge in [0.15, 0.2) is 0 Å². The van der Waals surface area contributed by atoms with Crippen LogP contribution in [0.3, 0.4) is 0 Å². The Hall–Kier alpha value is -2.00. The molecule has 1 aliphatic heterocycles. The van der Waals surface area contributed by atoms with Crippen LogP contribution in [-0.2, 0) is 4.74 Å². The van der Waals surface area contributed by atoms with Gasteiger partial charge >= 0.3 is 5.69 Å². The van der Waals surface area contributed by atoms with E-state index in [-0.39, 0.29) is 23.7 Å². The van der Waals surface area contributed by atoms with Gasteiger partial charge in [0.05, 0.1) is 17.1 Å². The number of nitrogens with zero attached hydrogens (tertiary/aromatic N) is 4. The van der Waals surface area contributed by atoms with Gasteiger partial charge in [-0.15, -0.1) is 0 Å². The van der Waals surface area contributed by atoms with E-state index in [0.29, 0.717) is 12.5 Å². The number of nitrogen functional groups attached to an aromatic ring is 1. The van der Waals surface area contributed by atoms with Crippen LogP contribution < -0.4 is 11.1 Å². The molecule has 0 amide bonds. The average Bonchev–Trinajstić information content (AvgIpc) is 2.45. The molecule has 9 heteroatoms. The molecule has 0 unspecified atom stereocenters. The van der Waals surface area contributed by atoms with E-state index in [1.807, 2.05) is 0 Å². The molecule has 2 atom stereocenters. The van der Waals surface area contributed by atoms with Crippen molar-refractivity contribution in [1.82, 2.24) is 14.9 Å². The Morgan fingerprint density at radius 3 is 2.74 bits per heavy atom. The van der Waals surface area contributed by atoms with Gasteiger partial charge in [0, 0.05) is 19.6 Å². The summed E-state index contributed by atoms with van der Waals surface area (Å²) in [5.41, 5.74) is 5.25. The molecule has 1 aliphatic rings. The number of rotatable bonds is 7. The highest BCUT2D eigenvalue weighted by molar-refractivity contribution is 5.53. The number of nitrogens with one attached hydrogen (secondary N) is 1.